The molecular weight excluding hydrogens is 322 g/mol. The van der Waals surface area contributed by atoms with Crippen molar-refractivity contribution in [1.29, 1.82) is 0 Å². The third kappa shape index (κ3) is 2.29. The molecule has 1 amide bonds. The van der Waals surface area contributed by atoms with Crippen molar-refractivity contribution in [3.8, 4) is 0 Å². The van der Waals surface area contributed by atoms with Crippen LogP contribution in [0.5, 0.6) is 0 Å². The van der Waals surface area contributed by atoms with Crippen molar-refractivity contribution in [2.24, 2.45) is 5.73 Å². The summed E-state index contributed by atoms with van der Waals surface area (Å²) in [6, 6.07) is 1.62. The van der Waals surface area contributed by atoms with Crippen molar-refractivity contribution in [1.82, 2.24) is 9.97 Å². The van der Waals surface area contributed by atoms with Crippen LogP contribution in [0.15, 0.2) is 10.5 Å². The second-order valence-electron chi connectivity index (χ2n) is 4.75. The van der Waals surface area contributed by atoms with Gasteiger partial charge in [-0.05, 0) is 27.9 Å². The fraction of sp³-hybridized carbons (Fsp3) is 0.308. The summed E-state index contributed by atoms with van der Waals surface area (Å²) >= 11 is 3.54. The van der Waals surface area contributed by atoms with Crippen molar-refractivity contribution in [3.05, 3.63) is 21.8 Å². The van der Waals surface area contributed by atoms with Gasteiger partial charge in [0.15, 0.2) is 5.65 Å². The van der Waals surface area contributed by atoms with Crippen LogP contribution in [0.4, 0.5) is 11.5 Å². The number of pyridine rings is 2. The highest BCUT2D eigenvalue weighted by Crippen LogP contribution is 2.36. The molecule has 0 bridgehead atoms. The zero-order chi connectivity index (χ0) is 15.0. The average molecular weight is 338 g/mol. The zero-order valence-electron chi connectivity index (χ0n) is 11.5. The van der Waals surface area contributed by atoms with Gasteiger partial charge in [0.1, 0.15) is 5.82 Å². The molecule has 0 aliphatic rings. The average Bonchev–Trinajstić information content (AvgIpc) is 2.37. The number of amides is 1. The van der Waals surface area contributed by atoms with E-state index in [1.165, 1.54) is 0 Å². The van der Waals surface area contributed by atoms with Crippen molar-refractivity contribution < 1.29 is 4.79 Å². The molecule has 0 spiro atoms. The van der Waals surface area contributed by atoms with Crippen LogP contribution in [0.3, 0.4) is 0 Å². The summed E-state index contributed by atoms with van der Waals surface area (Å²) in [6.07, 6.45) is 0. The van der Waals surface area contributed by atoms with Gasteiger partial charge >= 0.3 is 0 Å². The number of carbonyl (C=O) groups excluding carboxylic acids is 1. The summed E-state index contributed by atoms with van der Waals surface area (Å²) in [4.78, 5) is 20.1. The molecule has 2 aromatic heterocycles. The van der Waals surface area contributed by atoms with E-state index in [-0.39, 0.29) is 17.3 Å². The summed E-state index contributed by atoms with van der Waals surface area (Å²) < 4.78 is 0.851. The lowest BCUT2D eigenvalue weighted by Gasteiger charge is -2.15. The minimum atomic E-state index is -0.608. The Morgan fingerprint density at radius 2 is 2.05 bits per heavy atom. The lowest BCUT2D eigenvalue weighted by atomic mass is 10.1. The van der Waals surface area contributed by atoms with E-state index in [1.807, 2.05) is 13.8 Å². The maximum absolute atomic E-state index is 11.4. The van der Waals surface area contributed by atoms with Gasteiger partial charge in [-0.25, -0.2) is 9.97 Å². The summed E-state index contributed by atoms with van der Waals surface area (Å²) in [5, 5.41) is 3.80. The number of nitrogens with zero attached hydrogens (tertiary/aromatic N) is 2. The van der Waals surface area contributed by atoms with Crippen LogP contribution in [-0.4, -0.2) is 22.9 Å². The summed E-state index contributed by atoms with van der Waals surface area (Å²) in [5.41, 5.74) is 13.4. The minimum Gasteiger partial charge on any atom is -0.387 e. The highest BCUT2D eigenvalue weighted by atomic mass is 79.9. The third-order valence-corrected chi connectivity index (χ3v) is 3.84. The van der Waals surface area contributed by atoms with Gasteiger partial charge in [0.2, 0.25) is 0 Å². The molecule has 0 aliphatic heterocycles. The number of rotatable bonds is 3. The lowest BCUT2D eigenvalue weighted by Crippen LogP contribution is -2.15. The summed E-state index contributed by atoms with van der Waals surface area (Å²) in [5.74, 6) is -0.292. The minimum absolute atomic E-state index is 0.0941. The Bertz CT molecular complexity index is 699. The van der Waals surface area contributed by atoms with Crippen LogP contribution in [0.2, 0.25) is 0 Å². The summed E-state index contributed by atoms with van der Waals surface area (Å²) in [7, 11) is 1.80. The first-order valence-electron chi connectivity index (χ1n) is 6.14. The molecule has 106 valence electrons. The molecule has 2 heterocycles. The normalized spacial score (nSPS) is 11.1. The highest BCUT2D eigenvalue weighted by molar-refractivity contribution is 9.10. The molecule has 0 saturated carbocycles. The largest absolute Gasteiger partial charge is 0.387 e. The van der Waals surface area contributed by atoms with E-state index in [0.29, 0.717) is 11.0 Å². The van der Waals surface area contributed by atoms with Gasteiger partial charge in [-0.1, -0.05) is 13.8 Å². The Morgan fingerprint density at radius 1 is 1.40 bits per heavy atom. The Labute approximate surface area is 125 Å². The number of fused-ring (bicyclic) bond motifs is 1. The lowest BCUT2D eigenvalue weighted by molar-refractivity contribution is 0.100. The van der Waals surface area contributed by atoms with Gasteiger partial charge in [0.25, 0.3) is 5.91 Å². The topological polar surface area (TPSA) is 107 Å². The van der Waals surface area contributed by atoms with E-state index in [0.717, 1.165) is 15.9 Å². The number of hydrogen-bond acceptors (Lipinski definition) is 5. The van der Waals surface area contributed by atoms with E-state index in [4.69, 9.17) is 11.5 Å². The second kappa shape index (κ2) is 5.24. The maximum atomic E-state index is 11.4. The van der Waals surface area contributed by atoms with Gasteiger partial charge in [0, 0.05) is 12.4 Å². The van der Waals surface area contributed by atoms with Crippen LogP contribution < -0.4 is 16.8 Å². The number of nitrogens with one attached hydrogen (secondary N) is 1. The first-order valence-corrected chi connectivity index (χ1v) is 6.93. The van der Waals surface area contributed by atoms with E-state index in [2.05, 4.69) is 31.2 Å². The van der Waals surface area contributed by atoms with Crippen LogP contribution in [-0.2, 0) is 0 Å². The molecule has 6 nitrogen and oxygen atoms in total. The van der Waals surface area contributed by atoms with Gasteiger partial charge in [-0.15, -0.1) is 0 Å². The van der Waals surface area contributed by atoms with E-state index in [9.17, 15) is 4.79 Å². The molecule has 0 radical (unpaired) electrons. The first-order chi connectivity index (χ1) is 9.36. The Kier molecular flexibility index (Phi) is 3.80. The zero-order valence-corrected chi connectivity index (χ0v) is 13.1. The number of carbonyl (C=O) groups is 1. The molecule has 20 heavy (non-hydrogen) atoms. The Morgan fingerprint density at radius 3 is 2.55 bits per heavy atom. The molecule has 0 aliphatic carbocycles. The van der Waals surface area contributed by atoms with E-state index < -0.39 is 5.91 Å². The van der Waals surface area contributed by atoms with Gasteiger partial charge < -0.3 is 16.8 Å². The van der Waals surface area contributed by atoms with Crippen molar-refractivity contribution in [2.45, 2.75) is 19.8 Å². The molecule has 0 atom stereocenters. The predicted molar refractivity (Wildman–Crippen MR) is 83.8 cm³/mol. The molecule has 5 N–H and O–H groups in total. The van der Waals surface area contributed by atoms with E-state index in [1.54, 1.807) is 13.1 Å². The maximum Gasteiger partial charge on any atom is 0.252 e. The van der Waals surface area contributed by atoms with Crippen molar-refractivity contribution in [3.63, 3.8) is 0 Å². The van der Waals surface area contributed by atoms with Crippen molar-refractivity contribution in [2.75, 3.05) is 18.1 Å². The van der Waals surface area contributed by atoms with Gasteiger partial charge in [0.05, 0.1) is 21.4 Å². The SMILES string of the molecule is CNc1c(Br)c(C(C)C)nc2nc(N)c(C(N)=O)cc12. The summed E-state index contributed by atoms with van der Waals surface area (Å²) in [6.45, 7) is 4.08. The van der Waals surface area contributed by atoms with Crippen LogP contribution in [0, 0.1) is 0 Å². The Hall–Kier alpha value is -1.89. The quantitative estimate of drug-likeness (QED) is 0.796. The molecule has 7 heteroatoms. The standard InChI is InChI=1S/C13H16BrN5O/c1-5(2)9-8(14)10(17-3)6-4-7(12(16)20)11(15)19-13(6)18-9/h4-5H,1-3H3,(H2,16,20)(H3,15,17,18,19). The number of hydrogen-bond donors (Lipinski definition) is 3. The van der Waals surface area contributed by atoms with Crippen LogP contribution in [0.1, 0.15) is 35.8 Å². The highest BCUT2D eigenvalue weighted by Gasteiger charge is 2.18. The van der Waals surface area contributed by atoms with Gasteiger partial charge in [-0.2, -0.15) is 0 Å². The molecule has 0 aromatic carbocycles. The monoisotopic (exact) mass is 337 g/mol. The fourth-order valence-electron chi connectivity index (χ4n) is 2.02. The molecule has 2 aromatic rings. The number of anilines is 2. The second-order valence-corrected chi connectivity index (χ2v) is 5.54. The first kappa shape index (κ1) is 14.5. The number of nitrogens with two attached hydrogens (primary N) is 2. The molecule has 2 rings (SSSR count). The van der Waals surface area contributed by atoms with Crippen molar-refractivity contribution >= 4 is 44.4 Å². The number of halogens is 1. The van der Waals surface area contributed by atoms with Crippen LogP contribution in [0.25, 0.3) is 11.0 Å². The smallest absolute Gasteiger partial charge is 0.252 e. The number of nitrogen functional groups attached to an aromatic ring is 1. The van der Waals surface area contributed by atoms with Crippen LogP contribution >= 0.6 is 15.9 Å². The third-order valence-electron chi connectivity index (χ3n) is 3.03. The number of primary amides is 1. The molecule has 0 saturated heterocycles. The molecule has 0 fully saturated rings. The molecular formula is C13H16BrN5O. The van der Waals surface area contributed by atoms with Gasteiger partial charge in [-0.3, -0.25) is 4.79 Å². The predicted octanol–water partition coefficient (Wildman–Crippen LogP) is 2.24. The van der Waals surface area contributed by atoms with E-state index >= 15 is 0 Å². The fourth-order valence-corrected chi connectivity index (χ4v) is 2.98. The number of aromatic nitrogens is 2. The Balaban J connectivity index is 2.89. The molecule has 0 unspecified atom stereocenters.